The maximum Gasteiger partial charge on any atom is 0.252 e. The Morgan fingerprint density at radius 1 is 1.50 bits per heavy atom. The zero-order valence-electron chi connectivity index (χ0n) is 9.34. The van der Waals surface area contributed by atoms with Gasteiger partial charge in [-0.25, -0.2) is 4.98 Å². The molecule has 0 saturated heterocycles. The Morgan fingerprint density at radius 3 is 2.94 bits per heavy atom. The number of nitrogens with one attached hydrogen (secondary N) is 1. The third-order valence-electron chi connectivity index (χ3n) is 2.37. The second-order valence-electron chi connectivity index (χ2n) is 3.65. The summed E-state index contributed by atoms with van der Waals surface area (Å²) in [6, 6.07) is 4.25. The minimum absolute atomic E-state index is 0.104. The number of carbonyl (C=O) groups excluding carboxylic acids is 1. The first-order chi connectivity index (χ1) is 8.66. The summed E-state index contributed by atoms with van der Waals surface area (Å²) in [6.45, 7) is 0.104. The Kier molecular flexibility index (Phi) is 4.01. The largest absolute Gasteiger partial charge is 0.387 e. The number of hydrogen-bond donors (Lipinski definition) is 2. The standard InChI is InChI=1S/C12H11FN2O2S/c13-11-2-1-8(5-14-11)12(17)15-6-10(16)9-3-4-18-7-9/h1-5,7,10,16H,6H2,(H,15,17). The SMILES string of the molecule is O=C(NCC(O)c1ccsc1)c1ccc(F)nc1. The first-order valence-corrected chi connectivity index (χ1v) is 6.21. The van der Waals surface area contributed by atoms with Crippen molar-refractivity contribution in [2.75, 3.05) is 6.54 Å². The molecule has 2 aromatic heterocycles. The van der Waals surface area contributed by atoms with Gasteiger partial charge < -0.3 is 10.4 Å². The first kappa shape index (κ1) is 12.7. The van der Waals surface area contributed by atoms with Gasteiger partial charge in [0.05, 0.1) is 11.7 Å². The number of amides is 1. The summed E-state index contributed by atoms with van der Waals surface area (Å²) >= 11 is 1.48. The van der Waals surface area contributed by atoms with Gasteiger partial charge in [0.15, 0.2) is 0 Å². The van der Waals surface area contributed by atoms with Crippen LogP contribution < -0.4 is 5.32 Å². The number of aliphatic hydroxyl groups excluding tert-OH is 1. The van der Waals surface area contributed by atoms with Crippen molar-refractivity contribution >= 4 is 17.2 Å². The number of rotatable bonds is 4. The Balaban J connectivity index is 1.90. The molecule has 0 aliphatic rings. The van der Waals surface area contributed by atoms with Crippen LogP contribution in [0.25, 0.3) is 0 Å². The number of carbonyl (C=O) groups is 1. The lowest BCUT2D eigenvalue weighted by Gasteiger charge is -2.10. The van der Waals surface area contributed by atoms with Crippen molar-refractivity contribution in [2.24, 2.45) is 0 Å². The van der Waals surface area contributed by atoms with Crippen LogP contribution in [0.3, 0.4) is 0 Å². The number of aromatic nitrogens is 1. The highest BCUT2D eigenvalue weighted by Crippen LogP contribution is 2.15. The van der Waals surface area contributed by atoms with Crippen LogP contribution in [0.1, 0.15) is 22.0 Å². The number of aliphatic hydroxyl groups is 1. The summed E-state index contributed by atoms with van der Waals surface area (Å²) in [4.78, 5) is 15.0. The predicted octanol–water partition coefficient (Wildman–Crippen LogP) is 1.75. The van der Waals surface area contributed by atoms with Gasteiger partial charge >= 0.3 is 0 Å². The minimum Gasteiger partial charge on any atom is -0.387 e. The van der Waals surface area contributed by atoms with Crippen LogP contribution in [-0.2, 0) is 0 Å². The van der Waals surface area contributed by atoms with Gasteiger partial charge in [-0.15, -0.1) is 0 Å². The van der Waals surface area contributed by atoms with Crippen molar-refractivity contribution in [1.29, 1.82) is 0 Å². The van der Waals surface area contributed by atoms with Crippen molar-refractivity contribution < 1.29 is 14.3 Å². The van der Waals surface area contributed by atoms with Crippen molar-refractivity contribution in [3.05, 3.63) is 52.2 Å². The monoisotopic (exact) mass is 266 g/mol. The van der Waals surface area contributed by atoms with Crippen LogP contribution in [0.15, 0.2) is 35.2 Å². The smallest absolute Gasteiger partial charge is 0.252 e. The highest BCUT2D eigenvalue weighted by atomic mass is 32.1. The van der Waals surface area contributed by atoms with Crippen LogP contribution >= 0.6 is 11.3 Å². The molecule has 18 heavy (non-hydrogen) atoms. The van der Waals surface area contributed by atoms with Crippen molar-refractivity contribution in [3.8, 4) is 0 Å². The van der Waals surface area contributed by atoms with E-state index in [-0.39, 0.29) is 12.1 Å². The summed E-state index contributed by atoms with van der Waals surface area (Å²) in [6.07, 6.45) is 0.412. The summed E-state index contributed by atoms with van der Waals surface area (Å²) in [5.74, 6) is -1.03. The molecule has 1 atom stereocenters. The molecule has 0 fully saturated rings. The Morgan fingerprint density at radius 2 is 2.33 bits per heavy atom. The number of pyridine rings is 1. The minimum atomic E-state index is -0.742. The molecule has 0 aliphatic carbocycles. The van der Waals surface area contributed by atoms with Crippen LogP contribution in [0.4, 0.5) is 4.39 Å². The Labute approximate surface area is 107 Å². The van der Waals surface area contributed by atoms with E-state index in [0.29, 0.717) is 0 Å². The zero-order chi connectivity index (χ0) is 13.0. The second-order valence-corrected chi connectivity index (χ2v) is 4.43. The van der Waals surface area contributed by atoms with E-state index in [4.69, 9.17) is 0 Å². The fourth-order valence-corrected chi connectivity index (χ4v) is 2.09. The maximum absolute atomic E-state index is 12.6. The number of nitrogens with zero attached hydrogens (tertiary/aromatic N) is 1. The topological polar surface area (TPSA) is 62.2 Å². The molecule has 94 valence electrons. The first-order valence-electron chi connectivity index (χ1n) is 5.27. The lowest BCUT2D eigenvalue weighted by molar-refractivity contribution is 0.0916. The molecule has 1 unspecified atom stereocenters. The highest BCUT2D eigenvalue weighted by molar-refractivity contribution is 7.07. The molecule has 2 heterocycles. The third-order valence-corrected chi connectivity index (χ3v) is 3.07. The number of halogens is 1. The normalized spacial score (nSPS) is 12.1. The molecule has 0 spiro atoms. The van der Waals surface area contributed by atoms with Crippen molar-refractivity contribution in [3.63, 3.8) is 0 Å². The van der Waals surface area contributed by atoms with Gasteiger partial charge in [0.25, 0.3) is 5.91 Å². The fraction of sp³-hybridized carbons (Fsp3) is 0.167. The van der Waals surface area contributed by atoms with E-state index in [1.807, 2.05) is 10.8 Å². The van der Waals surface area contributed by atoms with Crippen LogP contribution in [0, 0.1) is 5.95 Å². The van der Waals surface area contributed by atoms with Crippen LogP contribution in [-0.4, -0.2) is 22.5 Å². The molecular formula is C12H11FN2O2S. The second kappa shape index (κ2) is 5.70. The lowest BCUT2D eigenvalue weighted by Crippen LogP contribution is -2.28. The molecule has 2 rings (SSSR count). The third kappa shape index (κ3) is 3.12. The Bertz CT molecular complexity index is 513. The summed E-state index contributed by atoms with van der Waals surface area (Å²) in [5, 5.41) is 16.0. The molecule has 2 aromatic rings. The van der Waals surface area contributed by atoms with Gasteiger partial charge in [-0.2, -0.15) is 15.7 Å². The van der Waals surface area contributed by atoms with Gasteiger partial charge in [0, 0.05) is 12.7 Å². The molecule has 0 radical (unpaired) electrons. The average Bonchev–Trinajstić information content (AvgIpc) is 2.90. The molecular weight excluding hydrogens is 255 g/mol. The highest BCUT2D eigenvalue weighted by Gasteiger charge is 2.11. The fourth-order valence-electron chi connectivity index (χ4n) is 1.38. The van der Waals surface area contributed by atoms with Crippen molar-refractivity contribution in [1.82, 2.24) is 10.3 Å². The molecule has 0 aliphatic heterocycles. The molecule has 6 heteroatoms. The van der Waals surface area contributed by atoms with E-state index in [2.05, 4.69) is 10.3 Å². The summed E-state index contributed by atoms with van der Waals surface area (Å²) in [7, 11) is 0. The van der Waals surface area contributed by atoms with Gasteiger partial charge in [0.1, 0.15) is 0 Å². The number of hydrogen-bond acceptors (Lipinski definition) is 4. The van der Waals surface area contributed by atoms with E-state index in [1.54, 1.807) is 6.07 Å². The van der Waals surface area contributed by atoms with Gasteiger partial charge in [-0.05, 0) is 34.5 Å². The van der Waals surface area contributed by atoms with Crippen LogP contribution in [0.5, 0.6) is 0 Å². The van der Waals surface area contributed by atoms with E-state index >= 15 is 0 Å². The van der Waals surface area contributed by atoms with Crippen molar-refractivity contribution in [2.45, 2.75) is 6.10 Å². The average molecular weight is 266 g/mol. The van der Waals surface area contributed by atoms with E-state index in [9.17, 15) is 14.3 Å². The van der Waals surface area contributed by atoms with E-state index in [1.165, 1.54) is 17.4 Å². The molecule has 0 aromatic carbocycles. The van der Waals surface area contributed by atoms with E-state index < -0.39 is 18.0 Å². The van der Waals surface area contributed by atoms with Gasteiger partial charge in [-0.3, -0.25) is 4.79 Å². The van der Waals surface area contributed by atoms with Crippen LogP contribution in [0.2, 0.25) is 0 Å². The molecule has 4 nitrogen and oxygen atoms in total. The maximum atomic E-state index is 12.6. The quantitative estimate of drug-likeness (QED) is 0.829. The van der Waals surface area contributed by atoms with Gasteiger partial charge in [-0.1, -0.05) is 0 Å². The zero-order valence-corrected chi connectivity index (χ0v) is 10.2. The lowest BCUT2D eigenvalue weighted by atomic mass is 10.2. The van der Waals surface area contributed by atoms with Gasteiger partial charge in [0.2, 0.25) is 5.95 Å². The van der Waals surface area contributed by atoms with E-state index in [0.717, 1.165) is 17.8 Å². The summed E-state index contributed by atoms with van der Waals surface area (Å²) in [5.41, 5.74) is 1.02. The summed E-state index contributed by atoms with van der Waals surface area (Å²) < 4.78 is 12.6. The number of thiophene rings is 1. The molecule has 0 bridgehead atoms. The molecule has 2 N–H and O–H groups in total. The molecule has 1 amide bonds. The molecule has 0 saturated carbocycles. The predicted molar refractivity (Wildman–Crippen MR) is 65.8 cm³/mol. The Hall–Kier alpha value is -1.79.